The first kappa shape index (κ1) is 14.9. The smallest absolute Gasteiger partial charge is 0.140 e. The number of piperidine rings is 1. The normalized spacial score (nSPS) is 18.7. The fraction of sp³-hybridized carbons (Fsp3) is 0.263. The molecular weight excluding hydrogens is 300 g/mol. The third kappa shape index (κ3) is 3.16. The average Bonchev–Trinajstić information content (AvgIpc) is 3.07. The summed E-state index contributed by atoms with van der Waals surface area (Å²) in [6.07, 6.45) is 5.91. The van der Waals surface area contributed by atoms with Crippen LogP contribution in [0.25, 0.3) is 10.9 Å². The molecule has 1 fully saturated rings. The maximum absolute atomic E-state index is 5.84. The number of pyridine rings is 1. The van der Waals surface area contributed by atoms with Gasteiger partial charge in [0.05, 0.1) is 17.4 Å². The van der Waals surface area contributed by atoms with Crippen LogP contribution in [0.15, 0.2) is 60.0 Å². The quantitative estimate of drug-likeness (QED) is 0.573. The highest BCUT2D eigenvalue weighted by Crippen LogP contribution is 2.18. The summed E-state index contributed by atoms with van der Waals surface area (Å²) >= 11 is 0. The van der Waals surface area contributed by atoms with Gasteiger partial charge in [0.25, 0.3) is 0 Å². The molecular formula is C19H20N4O. The maximum atomic E-state index is 5.84. The molecule has 3 aromatic rings. The Morgan fingerprint density at radius 2 is 2.12 bits per heavy atom. The Morgan fingerprint density at radius 1 is 1.21 bits per heavy atom. The van der Waals surface area contributed by atoms with Crippen LogP contribution in [0.2, 0.25) is 0 Å². The molecule has 0 spiro atoms. The van der Waals surface area contributed by atoms with Gasteiger partial charge in [-0.25, -0.2) is 0 Å². The van der Waals surface area contributed by atoms with Crippen molar-refractivity contribution in [1.82, 2.24) is 15.3 Å². The lowest BCUT2D eigenvalue weighted by Crippen LogP contribution is -2.34. The van der Waals surface area contributed by atoms with Gasteiger partial charge in [-0.15, -0.1) is 0 Å². The molecule has 24 heavy (non-hydrogen) atoms. The fourth-order valence-corrected chi connectivity index (χ4v) is 2.99. The van der Waals surface area contributed by atoms with Crippen molar-refractivity contribution >= 4 is 16.6 Å². The maximum Gasteiger partial charge on any atom is 0.140 e. The summed E-state index contributed by atoms with van der Waals surface area (Å²) in [5.74, 6) is 0. The zero-order chi connectivity index (χ0) is 16.2. The Bertz CT molecular complexity index is 802. The van der Waals surface area contributed by atoms with Gasteiger partial charge >= 0.3 is 0 Å². The van der Waals surface area contributed by atoms with Crippen molar-refractivity contribution in [2.75, 3.05) is 13.1 Å². The Kier molecular flexibility index (Phi) is 4.25. The van der Waals surface area contributed by atoms with E-state index in [1.165, 1.54) is 0 Å². The SMILES string of the molecule is c1ccc(/C(=N\OC2CCCNC2)c2cc3ccncc3[nH]2)cc1. The number of hydrogen-bond donors (Lipinski definition) is 2. The predicted octanol–water partition coefficient (Wildman–Crippen LogP) is 3.08. The van der Waals surface area contributed by atoms with E-state index in [2.05, 4.69) is 26.5 Å². The first-order valence-corrected chi connectivity index (χ1v) is 8.33. The standard InChI is InChI=1S/C19H20N4O/c1-2-5-14(6-3-1)19(23-24-16-7-4-9-20-12-16)17-11-15-8-10-21-13-18(15)22-17/h1-3,5-6,8,10-11,13,16,20,22H,4,7,9,12H2/b23-19+. The predicted molar refractivity (Wildman–Crippen MR) is 95.2 cm³/mol. The van der Waals surface area contributed by atoms with E-state index in [-0.39, 0.29) is 6.10 Å². The van der Waals surface area contributed by atoms with Crippen LogP contribution >= 0.6 is 0 Å². The molecule has 5 heteroatoms. The van der Waals surface area contributed by atoms with Crippen LogP contribution in [0, 0.1) is 0 Å². The van der Waals surface area contributed by atoms with E-state index < -0.39 is 0 Å². The molecule has 2 aromatic heterocycles. The molecule has 1 aromatic carbocycles. The summed E-state index contributed by atoms with van der Waals surface area (Å²) in [4.78, 5) is 13.4. The molecule has 2 N–H and O–H groups in total. The second kappa shape index (κ2) is 6.84. The summed E-state index contributed by atoms with van der Waals surface area (Å²) in [5, 5.41) is 8.97. The van der Waals surface area contributed by atoms with Crippen molar-refractivity contribution in [3.05, 3.63) is 66.1 Å². The van der Waals surface area contributed by atoms with Gasteiger partial charge in [-0.1, -0.05) is 35.5 Å². The Morgan fingerprint density at radius 3 is 2.92 bits per heavy atom. The lowest BCUT2D eigenvalue weighted by Gasteiger charge is -2.21. The van der Waals surface area contributed by atoms with E-state index in [1.54, 1.807) is 6.20 Å². The third-order valence-electron chi connectivity index (χ3n) is 4.27. The van der Waals surface area contributed by atoms with Gasteiger partial charge in [-0.3, -0.25) is 4.98 Å². The number of hydrogen-bond acceptors (Lipinski definition) is 4. The van der Waals surface area contributed by atoms with Crippen LogP contribution in [-0.2, 0) is 4.84 Å². The molecule has 0 radical (unpaired) electrons. The molecule has 3 heterocycles. The van der Waals surface area contributed by atoms with Gasteiger partial charge in [-0.2, -0.15) is 0 Å². The first-order valence-electron chi connectivity index (χ1n) is 8.33. The topological polar surface area (TPSA) is 62.3 Å². The molecule has 1 aliphatic rings. The van der Waals surface area contributed by atoms with Gasteiger partial charge in [0.2, 0.25) is 0 Å². The monoisotopic (exact) mass is 320 g/mol. The molecule has 1 unspecified atom stereocenters. The summed E-state index contributed by atoms with van der Waals surface area (Å²) < 4.78 is 0. The van der Waals surface area contributed by atoms with Crippen molar-refractivity contribution in [3.8, 4) is 0 Å². The Hall–Kier alpha value is -2.66. The van der Waals surface area contributed by atoms with Crippen LogP contribution in [-0.4, -0.2) is 34.9 Å². The highest BCUT2D eigenvalue weighted by atomic mass is 16.6. The molecule has 0 bridgehead atoms. The number of nitrogens with zero attached hydrogens (tertiary/aromatic N) is 2. The van der Waals surface area contributed by atoms with Gasteiger partial charge in [0.1, 0.15) is 11.8 Å². The van der Waals surface area contributed by atoms with Gasteiger partial charge in [0, 0.05) is 23.7 Å². The molecule has 4 rings (SSSR count). The fourth-order valence-electron chi connectivity index (χ4n) is 2.99. The highest BCUT2D eigenvalue weighted by molar-refractivity contribution is 6.13. The van der Waals surface area contributed by atoms with E-state index >= 15 is 0 Å². The minimum absolute atomic E-state index is 0.128. The lowest BCUT2D eigenvalue weighted by molar-refractivity contribution is 0.0421. The Balaban J connectivity index is 1.69. The number of rotatable bonds is 4. The van der Waals surface area contributed by atoms with Gasteiger partial charge in [-0.05, 0) is 31.5 Å². The first-order chi connectivity index (χ1) is 11.9. The lowest BCUT2D eigenvalue weighted by atomic mass is 10.1. The van der Waals surface area contributed by atoms with Crippen LogP contribution < -0.4 is 5.32 Å². The van der Waals surface area contributed by atoms with Crippen molar-refractivity contribution in [2.24, 2.45) is 5.16 Å². The summed E-state index contributed by atoms with van der Waals surface area (Å²) in [5.41, 5.74) is 3.78. The summed E-state index contributed by atoms with van der Waals surface area (Å²) in [7, 11) is 0. The third-order valence-corrected chi connectivity index (χ3v) is 4.27. The van der Waals surface area contributed by atoms with Gasteiger partial charge < -0.3 is 15.1 Å². The van der Waals surface area contributed by atoms with E-state index in [1.807, 2.05) is 42.6 Å². The van der Waals surface area contributed by atoms with Crippen molar-refractivity contribution in [3.63, 3.8) is 0 Å². The molecule has 1 aliphatic heterocycles. The minimum atomic E-state index is 0.128. The molecule has 0 saturated carbocycles. The number of benzene rings is 1. The van der Waals surface area contributed by atoms with E-state index in [0.717, 1.165) is 53.8 Å². The van der Waals surface area contributed by atoms with Crippen molar-refractivity contribution in [1.29, 1.82) is 0 Å². The second-order valence-corrected chi connectivity index (χ2v) is 6.03. The largest absolute Gasteiger partial charge is 0.391 e. The van der Waals surface area contributed by atoms with Crippen molar-refractivity contribution < 1.29 is 4.84 Å². The van der Waals surface area contributed by atoms with E-state index in [4.69, 9.17) is 4.84 Å². The second-order valence-electron chi connectivity index (χ2n) is 6.03. The molecule has 1 atom stereocenters. The average molecular weight is 320 g/mol. The minimum Gasteiger partial charge on any atom is -0.391 e. The number of H-pyrrole nitrogens is 1. The van der Waals surface area contributed by atoms with E-state index in [0.29, 0.717) is 0 Å². The highest BCUT2D eigenvalue weighted by Gasteiger charge is 2.16. The van der Waals surface area contributed by atoms with Crippen LogP contribution in [0.3, 0.4) is 0 Å². The molecule has 5 nitrogen and oxygen atoms in total. The molecule has 122 valence electrons. The summed E-state index contributed by atoms with van der Waals surface area (Å²) in [6, 6.07) is 14.2. The van der Waals surface area contributed by atoms with Crippen LogP contribution in [0.1, 0.15) is 24.1 Å². The van der Waals surface area contributed by atoms with Crippen LogP contribution in [0.5, 0.6) is 0 Å². The van der Waals surface area contributed by atoms with E-state index in [9.17, 15) is 0 Å². The number of aromatic nitrogens is 2. The Labute approximate surface area is 140 Å². The summed E-state index contributed by atoms with van der Waals surface area (Å²) in [6.45, 7) is 1.91. The zero-order valence-electron chi connectivity index (χ0n) is 13.4. The molecule has 0 aliphatic carbocycles. The number of fused-ring (bicyclic) bond motifs is 1. The zero-order valence-corrected chi connectivity index (χ0v) is 13.4. The number of nitrogens with one attached hydrogen (secondary N) is 2. The van der Waals surface area contributed by atoms with Gasteiger partial charge in [0.15, 0.2) is 0 Å². The number of oxime groups is 1. The molecule has 1 saturated heterocycles. The molecule has 0 amide bonds. The van der Waals surface area contributed by atoms with Crippen molar-refractivity contribution in [2.45, 2.75) is 18.9 Å². The van der Waals surface area contributed by atoms with Crippen LogP contribution in [0.4, 0.5) is 0 Å². The number of aromatic amines is 1.